The number of rotatable bonds is 8. The van der Waals surface area contributed by atoms with Gasteiger partial charge in [0.2, 0.25) is 0 Å². The Labute approximate surface area is 373 Å². The van der Waals surface area contributed by atoms with Crippen LogP contribution in [0.2, 0.25) is 0 Å². The van der Waals surface area contributed by atoms with Crippen LogP contribution in [0, 0.1) is 0 Å². The van der Waals surface area contributed by atoms with Crippen LogP contribution >= 0.6 is 0 Å². The van der Waals surface area contributed by atoms with Gasteiger partial charge in [-0.25, -0.2) is 0 Å². The van der Waals surface area contributed by atoms with Gasteiger partial charge in [-0.1, -0.05) is 200 Å². The van der Waals surface area contributed by atoms with Crippen LogP contribution in [0.3, 0.4) is 0 Å². The predicted molar refractivity (Wildman–Crippen MR) is 272 cm³/mol. The van der Waals surface area contributed by atoms with Crippen LogP contribution in [0.1, 0.15) is 0 Å². The number of nitrogens with zero attached hydrogens (tertiary/aromatic N) is 2. The zero-order valence-corrected chi connectivity index (χ0v) is 35.1. The van der Waals surface area contributed by atoms with Gasteiger partial charge in [0.05, 0.1) is 16.7 Å². The normalized spacial score (nSPS) is 11.4. The van der Waals surface area contributed by atoms with Gasteiger partial charge in [0.15, 0.2) is 0 Å². The van der Waals surface area contributed by atoms with E-state index in [2.05, 4.69) is 264 Å². The van der Waals surface area contributed by atoms with E-state index in [1.54, 1.807) is 0 Å². The van der Waals surface area contributed by atoms with Gasteiger partial charge in [-0.3, -0.25) is 0 Å². The van der Waals surface area contributed by atoms with E-state index in [-0.39, 0.29) is 0 Å². The Kier molecular flexibility index (Phi) is 9.20. The molecule has 0 N–H and O–H groups in total. The van der Waals surface area contributed by atoms with Gasteiger partial charge >= 0.3 is 0 Å². The molecule has 300 valence electrons. The minimum absolute atomic E-state index is 1.10. The number of hydrogen-bond donors (Lipinski definition) is 0. The van der Waals surface area contributed by atoms with E-state index < -0.39 is 0 Å². The molecule has 0 radical (unpaired) electrons. The Morgan fingerprint density at radius 1 is 0.266 bits per heavy atom. The fourth-order valence-electron chi connectivity index (χ4n) is 9.79. The second-order valence-electron chi connectivity index (χ2n) is 16.5. The van der Waals surface area contributed by atoms with Crippen LogP contribution in [0.25, 0.3) is 93.5 Å². The second kappa shape index (κ2) is 15.8. The number of para-hydroxylation sites is 1. The summed E-state index contributed by atoms with van der Waals surface area (Å²) in [5.74, 6) is 0. The zero-order valence-electron chi connectivity index (χ0n) is 35.1. The molecule has 64 heavy (non-hydrogen) atoms. The highest BCUT2D eigenvalue weighted by molar-refractivity contribution is 6.25. The van der Waals surface area contributed by atoms with Crippen molar-refractivity contribution in [3.8, 4) is 50.2 Å². The lowest BCUT2D eigenvalue weighted by atomic mass is 9.94. The summed E-state index contributed by atoms with van der Waals surface area (Å²) < 4.78 is 2.43. The van der Waals surface area contributed by atoms with Crippen LogP contribution in [0.15, 0.2) is 255 Å². The molecule has 2 nitrogen and oxygen atoms in total. The van der Waals surface area contributed by atoms with E-state index in [0.717, 1.165) is 22.7 Å². The van der Waals surface area contributed by atoms with Crippen LogP contribution in [0.4, 0.5) is 17.1 Å². The molecule has 0 saturated carbocycles. The highest BCUT2D eigenvalue weighted by Gasteiger charge is 2.20. The number of anilines is 3. The summed E-state index contributed by atoms with van der Waals surface area (Å²) in [6.45, 7) is 0. The quantitative estimate of drug-likeness (QED) is 0.148. The van der Waals surface area contributed by atoms with E-state index >= 15 is 0 Å². The summed E-state index contributed by atoms with van der Waals surface area (Å²) in [5, 5.41) is 7.47. The number of fused-ring (bicyclic) bond motifs is 6. The lowest BCUT2D eigenvalue weighted by Crippen LogP contribution is -2.10. The molecular weight excluding hydrogens is 773 g/mol. The third-order valence-corrected chi connectivity index (χ3v) is 12.8. The van der Waals surface area contributed by atoms with E-state index in [9.17, 15) is 0 Å². The summed E-state index contributed by atoms with van der Waals surface area (Å²) in [6.07, 6.45) is 0. The minimum atomic E-state index is 1.10. The number of aromatic nitrogens is 1. The van der Waals surface area contributed by atoms with Crippen molar-refractivity contribution in [2.45, 2.75) is 0 Å². The first-order valence-electron chi connectivity index (χ1n) is 22.0. The van der Waals surface area contributed by atoms with Gasteiger partial charge in [-0.2, -0.15) is 0 Å². The highest BCUT2D eigenvalue weighted by atomic mass is 15.1. The SMILES string of the molecule is c1ccc(-c2ccc(N(c3ccc(-c4ccccc4)cc3)c3ccc(-c4ccc(-n5c6ccccc6c6c7c(-c8ccccc8)cccc7ccc65)cc4)c4ccccc34)cc2)cc1. The van der Waals surface area contributed by atoms with Crippen molar-refractivity contribution in [3.63, 3.8) is 0 Å². The van der Waals surface area contributed by atoms with Gasteiger partial charge < -0.3 is 9.47 Å². The van der Waals surface area contributed by atoms with Crippen molar-refractivity contribution in [1.29, 1.82) is 0 Å². The van der Waals surface area contributed by atoms with Gasteiger partial charge in [-0.15, -0.1) is 0 Å². The lowest BCUT2D eigenvalue weighted by Gasteiger charge is -2.28. The first-order valence-corrected chi connectivity index (χ1v) is 22.0. The molecule has 2 heteroatoms. The van der Waals surface area contributed by atoms with Gasteiger partial charge in [0.25, 0.3) is 0 Å². The predicted octanol–water partition coefficient (Wildman–Crippen LogP) is 17.2. The van der Waals surface area contributed by atoms with Crippen molar-refractivity contribution in [1.82, 2.24) is 4.57 Å². The molecule has 0 unspecified atom stereocenters. The first-order chi connectivity index (χ1) is 31.8. The van der Waals surface area contributed by atoms with Crippen LogP contribution in [0.5, 0.6) is 0 Å². The molecule has 0 aliphatic carbocycles. The van der Waals surface area contributed by atoms with Crippen molar-refractivity contribution >= 4 is 60.4 Å². The van der Waals surface area contributed by atoms with Crippen molar-refractivity contribution in [2.75, 3.05) is 4.90 Å². The lowest BCUT2D eigenvalue weighted by molar-refractivity contribution is 1.18. The average molecular weight is 815 g/mol. The van der Waals surface area contributed by atoms with E-state index in [1.807, 2.05) is 0 Å². The summed E-state index contributed by atoms with van der Waals surface area (Å²) in [5.41, 5.74) is 16.5. The van der Waals surface area contributed by atoms with Gasteiger partial charge in [-0.05, 0) is 115 Å². The third kappa shape index (κ3) is 6.44. The Balaban J connectivity index is 0.968. The molecule has 12 aromatic rings. The average Bonchev–Trinajstić information content (AvgIpc) is 3.72. The number of hydrogen-bond acceptors (Lipinski definition) is 1. The molecule has 12 rings (SSSR count). The van der Waals surface area contributed by atoms with E-state index in [1.165, 1.54) is 87.9 Å². The molecule has 11 aromatic carbocycles. The molecule has 0 bridgehead atoms. The van der Waals surface area contributed by atoms with Gasteiger partial charge in [0.1, 0.15) is 0 Å². The van der Waals surface area contributed by atoms with Crippen molar-refractivity contribution < 1.29 is 0 Å². The smallest absolute Gasteiger partial charge is 0.0547 e. The minimum Gasteiger partial charge on any atom is -0.310 e. The van der Waals surface area contributed by atoms with Crippen molar-refractivity contribution in [2.24, 2.45) is 0 Å². The largest absolute Gasteiger partial charge is 0.310 e. The van der Waals surface area contributed by atoms with Crippen LogP contribution < -0.4 is 4.90 Å². The Hall–Kier alpha value is -8.46. The molecule has 0 amide bonds. The molecule has 0 aliphatic rings. The van der Waals surface area contributed by atoms with Crippen LogP contribution in [-0.4, -0.2) is 4.57 Å². The fourth-order valence-corrected chi connectivity index (χ4v) is 9.79. The topological polar surface area (TPSA) is 8.17 Å². The first kappa shape index (κ1) is 37.3. The molecule has 0 saturated heterocycles. The Morgan fingerprint density at radius 3 is 1.39 bits per heavy atom. The third-order valence-electron chi connectivity index (χ3n) is 12.8. The summed E-state index contributed by atoms with van der Waals surface area (Å²) in [7, 11) is 0. The molecular formula is C62H42N2. The van der Waals surface area contributed by atoms with Gasteiger partial charge in [0, 0.05) is 33.2 Å². The van der Waals surface area contributed by atoms with E-state index in [4.69, 9.17) is 0 Å². The maximum absolute atomic E-state index is 2.43. The monoisotopic (exact) mass is 814 g/mol. The van der Waals surface area contributed by atoms with E-state index in [0.29, 0.717) is 0 Å². The molecule has 0 fully saturated rings. The standard InChI is InChI=1S/C62H42N2/c1-4-15-43(16-5-1)45-27-34-50(35-28-45)63(51-36-29-46(30-37-51)44-17-6-2-7-18-44)59-42-40-53(55-22-10-11-23-56(55)59)48-31-38-52(39-32-48)64-58-26-13-12-24-57(58)62-60(64)41-33-49-21-14-25-54(61(49)62)47-19-8-3-9-20-47/h1-42H. The maximum atomic E-state index is 2.43. The summed E-state index contributed by atoms with van der Waals surface area (Å²) in [4.78, 5) is 2.40. The molecule has 0 spiro atoms. The Bertz CT molecular complexity index is 3530. The number of benzene rings is 11. The fraction of sp³-hybridized carbons (Fsp3) is 0. The zero-order chi connectivity index (χ0) is 42.4. The molecule has 1 aromatic heterocycles. The maximum Gasteiger partial charge on any atom is 0.0547 e. The second-order valence-corrected chi connectivity index (χ2v) is 16.5. The molecule has 0 aliphatic heterocycles. The Morgan fingerprint density at radius 2 is 0.766 bits per heavy atom. The van der Waals surface area contributed by atoms with Crippen LogP contribution in [-0.2, 0) is 0 Å². The highest BCUT2D eigenvalue weighted by Crippen LogP contribution is 2.44. The molecule has 1 heterocycles. The van der Waals surface area contributed by atoms with Crippen molar-refractivity contribution in [3.05, 3.63) is 255 Å². The summed E-state index contributed by atoms with van der Waals surface area (Å²) >= 11 is 0. The summed E-state index contributed by atoms with van der Waals surface area (Å²) in [6, 6.07) is 92.5. The molecule has 0 atom stereocenters.